The zero-order chi connectivity index (χ0) is 27.4. The smallest absolute Gasteiger partial charge is 0.343 e. The molecule has 10 nitrogen and oxygen atoms in total. The molecule has 2 amide bonds. The minimum absolute atomic E-state index is 0.117. The number of carbonyl (C=O) groups is 2. The van der Waals surface area contributed by atoms with Gasteiger partial charge in [-0.2, -0.15) is 0 Å². The van der Waals surface area contributed by atoms with Crippen LogP contribution in [0.3, 0.4) is 0 Å². The van der Waals surface area contributed by atoms with Gasteiger partial charge in [-0.25, -0.2) is 4.79 Å². The number of rotatable bonds is 8. The lowest BCUT2D eigenvalue weighted by atomic mass is 9.87. The van der Waals surface area contributed by atoms with Gasteiger partial charge in [0.15, 0.2) is 11.5 Å². The van der Waals surface area contributed by atoms with Crippen LogP contribution in [0, 0.1) is 6.92 Å². The lowest BCUT2D eigenvalue weighted by Crippen LogP contribution is -2.43. The lowest BCUT2D eigenvalue weighted by molar-refractivity contribution is -0.126. The number of methoxy groups -OCH3 is 3. The van der Waals surface area contributed by atoms with Crippen molar-refractivity contribution in [3.63, 3.8) is 0 Å². The van der Waals surface area contributed by atoms with Crippen LogP contribution in [0.4, 0.5) is 5.69 Å². The first-order chi connectivity index (χ1) is 18.3. The number of ether oxygens (including phenoxy) is 3. The van der Waals surface area contributed by atoms with Gasteiger partial charge in [-0.15, -0.1) is 0 Å². The quantitative estimate of drug-likeness (QED) is 0.410. The molecular weight excluding hydrogens is 492 g/mol. The highest BCUT2D eigenvalue weighted by Gasteiger charge is 2.32. The summed E-state index contributed by atoms with van der Waals surface area (Å²) >= 11 is 0. The van der Waals surface area contributed by atoms with E-state index < -0.39 is 23.5 Å². The van der Waals surface area contributed by atoms with Crippen molar-refractivity contribution in [2.75, 3.05) is 26.6 Å². The van der Waals surface area contributed by atoms with Crippen molar-refractivity contribution in [1.29, 1.82) is 0 Å². The predicted octanol–water partition coefficient (Wildman–Crippen LogP) is 3.27. The van der Waals surface area contributed by atoms with Gasteiger partial charge in [-0.3, -0.25) is 9.59 Å². The second-order valence-electron chi connectivity index (χ2n) is 8.93. The van der Waals surface area contributed by atoms with E-state index in [-0.39, 0.29) is 40.9 Å². The molecule has 4 rings (SSSR count). The number of carbonyl (C=O) groups excluding carboxylic acids is 2. The third kappa shape index (κ3) is 5.29. The van der Waals surface area contributed by atoms with E-state index in [0.717, 1.165) is 5.56 Å². The first kappa shape index (κ1) is 26.6. The Labute approximate surface area is 219 Å². The van der Waals surface area contributed by atoms with E-state index in [1.165, 1.54) is 34.3 Å². The van der Waals surface area contributed by atoms with Crippen molar-refractivity contribution in [2.24, 2.45) is 0 Å². The number of para-hydroxylation sites is 1. The average Bonchev–Trinajstić information content (AvgIpc) is 3.04. The van der Waals surface area contributed by atoms with Crippen LogP contribution < -0.4 is 30.5 Å². The maximum Gasteiger partial charge on any atom is 0.343 e. The number of hydrogen-bond acceptors (Lipinski definition) is 8. The van der Waals surface area contributed by atoms with Crippen molar-refractivity contribution < 1.29 is 33.3 Å². The maximum absolute atomic E-state index is 13.4. The minimum Gasteiger partial charge on any atom is -0.507 e. The van der Waals surface area contributed by atoms with Gasteiger partial charge in [0.05, 0.1) is 26.9 Å². The van der Waals surface area contributed by atoms with Crippen LogP contribution in [0.1, 0.15) is 41.2 Å². The number of hydrogen-bond donors (Lipinski definition) is 3. The minimum atomic E-state index is -0.993. The van der Waals surface area contributed by atoms with Gasteiger partial charge in [0.25, 0.3) is 0 Å². The molecular formula is C28H30N2O8. The van der Waals surface area contributed by atoms with E-state index in [9.17, 15) is 19.5 Å². The molecule has 38 heavy (non-hydrogen) atoms. The summed E-state index contributed by atoms with van der Waals surface area (Å²) in [6.07, 6.45) is 0.704. The Kier molecular flexibility index (Phi) is 7.90. The van der Waals surface area contributed by atoms with Crippen LogP contribution in [0.5, 0.6) is 23.0 Å². The summed E-state index contributed by atoms with van der Waals surface area (Å²) in [7, 11) is 4.33. The van der Waals surface area contributed by atoms with Crippen molar-refractivity contribution in [3.05, 3.63) is 75.3 Å². The molecule has 3 aromatic rings. The summed E-state index contributed by atoms with van der Waals surface area (Å²) in [5.41, 5.74) is 1.18. The van der Waals surface area contributed by atoms with E-state index in [1.807, 2.05) is 24.3 Å². The third-order valence-corrected chi connectivity index (χ3v) is 6.57. The standard InChI is InChI=1S/C28H30N2O8/c1-15-13-21(31)24(28(34)38-15)18(17-10-12-22(35-2)26(37-4)25(17)36-3)14-23(32)29-20-11-9-16-7-5-6-8-19(16)30-27(20)33/h5-8,10,12-13,18,20,31H,9,11,14H2,1-4H3,(H,29,32)(H,30,33). The Bertz CT molecular complexity index is 1410. The molecule has 0 radical (unpaired) electrons. The van der Waals surface area contributed by atoms with Crippen molar-refractivity contribution in [2.45, 2.75) is 38.1 Å². The fraction of sp³-hybridized carbons (Fsp3) is 0.321. The molecule has 1 aliphatic rings. The highest BCUT2D eigenvalue weighted by molar-refractivity contribution is 5.98. The summed E-state index contributed by atoms with van der Waals surface area (Å²) in [6, 6.07) is 11.2. The molecule has 0 spiro atoms. The van der Waals surface area contributed by atoms with E-state index in [2.05, 4.69) is 10.6 Å². The van der Waals surface area contributed by atoms with Crippen LogP contribution in [-0.4, -0.2) is 44.3 Å². The molecule has 0 saturated carbocycles. The number of fused-ring (bicyclic) bond motifs is 1. The average molecular weight is 523 g/mol. The fourth-order valence-electron chi connectivity index (χ4n) is 4.78. The monoisotopic (exact) mass is 522 g/mol. The normalized spacial score (nSPS) is 15.5. The number of nitrogens with one attached hydrogen (secondary N) is 2. The van der Waals surface area contributed by atoms with Gasteiger partial charge in [-0.1, -0.05) is 24.3 Å². The summed E-state index contributed by atoms with van der Waals surface area (Å²) in [5.74, 6) is -1.07. The summed E-state index contributed by atoms with van der Waals surface area (Å²) in [5, 5.41) is 16.4. The SMILES string of the molecule is COc1ccc(C(CC(=O)NC2CCc3ccccc3NC2=O)c2c(O)cc(C)oc2=O)c(OC)c1OC. The molecule has 10 heteroatoms. The third-order valence-electron chi connectivity index (χ3n) is 6.57. The van der Waals surface area contributed by atoms with Crippen LogP contribution in [-0.2, 0) is 16.0 Å². The summed E-state index contributed by atoms with van der Waals surface area (Å²) in [4.78, 5) is 39.1. The topological polar surface area (TPSA) is 136 Å². The fourth-order valence-corrected chi connectivity index (χ4v) is 4.78. The molecule has 2 atom stereocenters. The first-order valence-corrected chi connectivity index (χ1v) is 12.1. The highest BCUT2D eigenvalue weighted by atomic mass is 16.5. The van der Waals surface area contributed by atoms with E-state index >= 15 is 0 Å². The van der Waals surface area contributed by atoms with E-state index in [1.54, 1.807) is 12.1 Å². The van der Waals surface area contributed by atoms with Gasteiger partial charge < -0.3 is 34.4 Å². The van der Waals surface area contributed by atoms with Gasteiger partial charge in [0.1, 0.15) is 17.6 Å². The van der Waals surface area contributed by atoms with E-state index in [0.29, 0.717) is 29.8 Å². The zero-order valence-electron chi connectivity index (χ0n) is 21.6. The molecule has 0 fully saturated rings. The van der Waals surface area contributed by atoms with Crippen LogP contribution in [0.2, 0.25) is 0 Å². The Balaban J connectivity index is 1.70. The zero-order valence-corrected chi connectivity index (χ0v) is 21.6. The Morgan fingerprint density at radius 3 is 2.53 bits per heavy atom. The van der Waals surface area contributed by atoms with Crippen LogP contribution in [0.15, 0.2) is 51.7 Å². The molecule has 0 aliphatic carbocycles. The predicted molar refractivity (Wildman–Crippen MR) is 139 cm³/mol. The van der Waals surface area contributed by atoms with Crippen LogP contribution in [0.25, 0.3) is 0 Å². The number of anilines is 1. The Hall–Kier alpha value is -4.47. The largest absolute Gasteiger partial charge is 0.507 e. The Morgan fingerprint density at radius 2 is 1.84 bits per heavy atom. The highest BCUT2D eigenvalue weighted by Crippen LogP contribution is 2.46. The van der Waals surface area contributed by atoms with E-state index in [4.69, 9.17) is 18.6 Å². The second kappa shape index (κ2) is 11.3. The van der Waals surface area contributed by atoms with Crippen LogP contribution >= 0.6 is 0 Å². The molecule has 2 heterocycles. The molecule has 200 valence electrons. The van der Waals surface area contributed by atoms with Crippen molar-refractivity contribution in [3.8, 4) is 23.0 Å². The van der Waals surface area contributed by atoms with Gasteiger partial charge in [0.2, 0.25) is 17.6 Å². The number of amides is 2. The van der Waals surface area contributed by atoms with Gasteiger partial charge in [0, 0.05) is 29.7 Å². The lowest BCUT2D eigenvalue weighted by Gasteiger charge is -2.23. The maximum atomic E-state index is 13.4. The van der Waals surface area contributed by atoms with Gasteiger partial charge >= 0.3 is 5.63 Å². The number of aromatic hydroxyl groups is 1. The number of aryl methyl sites for hydroxylation is 2. The first-order valence-electron chi connectivity index (χ1n) is 12.1. The van der Waals surface area contributed by atoms with Crippen molar-refractivity contribution >= 4 is 17.5 Å². The molecule has 0 saturated heterocycles. The molecule has 1 aromatic heterocycles. The molecule has 2 aromatic carbocycles. The summed E-state index contributed by atoms with van der Waals surface area (Å²) < 4.78 is 21.7. The molecule has 3 N–H and O–H groups in total. The number of benzene rings is 2. The van der Waals surface area contributed by atoms with Crippen molar-refractivity contribution in [1.82, 2.24) is 5.32 Å². The second-order valence-corrected chi connectivity index (χ2v) is 8.93. The van der Waals surface area contributed by atoms with Gasteiger partial charge in [-0.05, 0) is 37.5 Å². The molecule has 2 unspecified atom stereocenters. The summed E-state index contributed by atoms with van der Waals surface area (Å²) in [6.45, 7) is 1.53. The molecule has 0 bridgehead atoms. The Morgan fingerprint density at radius 1 is 1.11 bits per heavy atom. The molecule has 1 aliphatic heterocycles.